The molecule has 0 N–H and O–H groups in total. The SMILES string of the molecule is CCOc1cc2c(cc1CN1CCCN(C(=O)C3CCCO3)CC1)CCC2. The van der Waals surface area contributed by atoms with Crippen molar-refractivity contribution in [1.82, 2.24) is 9.80 Å². The van der Waals surface area contributed by atoms with E-state index in [1.807, 2.05) is 4.90 Å². The van der Waals surface area contributed by atoms with E-state index in [4.69, 9.17) is 9.47 Å². The third-order valence-corrected chi connectivity index (χ3v) is 6.07. The van der Waals surface area contributed by atoms with Crippen molar-refractivity contribution in [1.29, 1.82) is 0 Å². The van der Waals surface area contributed by atoms with E-state index in [1.54, 1.807) is 0 Å². The summed E-state index contributed by atoms with van der Waals surface area (Å²) in [7, 11) is 0. The van der Waals surface area contributed by atoms with Crippen molar-refractivity contribution >= 4 is 5.91 Å². The van der Waals surface area contributed by atoms with Gasteiger partial charge in [-0.3, -0.25) is 9.69 Å². The average Bonchev–Trinajstić information content (AvgIpc) is 3.30. The molecule has 3 aliphatic rings. The Hall–Kier alpha value is -1.59. The molecule has 0 bridgehead atoms. The highest BCUT2D eigenvalue weighted by Gasteiger charge is 2.29. The third-order valence-electron chi connectivity index (χ3n) is 6.07. The zero-order valence-electron chi connectivity index (χ0n) is 16.5. The molecule has 0 radical (unpaired) electrons. The number of carbonyl (C=O) groups excluding carboxylic acids is 1. The highest BCUT2D eigenvalue weighted by Crippen LogP contribution is 2.31. The lowest BCUT2D eigenvalue weighted by molar-refractivity contribution is -0.140. The molecule has 1 aromatic rings. The lowest BCUT2D eigenvalue weighted by Gasteiger charge is -2.25. The number of aryl methyl sites for hydroxylation is 2. The Bertz CT molecular complexity index is 670. The molecular formula is C22H32N2O3. The number of carbonyl (C=O) groups is 1. The van der Waals surface area contributed by atoms with Crippen LogP contribution in [0.25, 0.3) is 0 Å². The lowest BCUT2D eigenvalue weighted by atomic mass is 10.0. The number of ether oxygens (including phenoxy) is 2. The fourth-order valence-corrected chi connectivity index (χ4v) is 4.63. The minimum absolute atomic E-state index is 0.196. The number of fused-ring (bicyclic) bond motifs is 1. The van der Waals surface area contributed by atoms with Gasteiger partial charge in [-0.05, 0) is 62.6 Å². The van der Waals surface area contributed by atoms with Crippen LogP contribution in [0, 0.1) is 0 Å². The van der Waals surface area contributed by atoms with Crippen molar-refractivity contribution in [2.45, 2.75) is 58.1 Å². The van der Waals surface area contributed by atoms with Gasteiger partial charge in [0.15, 0.2) is 0 Å². The lowest BCUT2D eigenvalue weighted by Crippen LogP contribution is -2.41. The molecule has 1 atom stereocenters. The van der Waals surface area contributed by atoms with Crippen molar-refractivity contribution in [3.63, 3.8) is 0 Å². The highest BCUT2D eigenvalue weighted by atomic mass is 16.5. The molecule has 0 saturated carbocycles. The van der Waals surface area contributed by atoms with Gasteiger partial charge in [-0.1, -0.05) is 6.07 Å². The van der Waals surface area contributed by atoms with Gasteiger partial charge in [-0.25, -0.2) is 0 Å². The number of rotatable bonds is 5. The second-order valence-corrected chi connectivity index (χ2v) is 7.97. The molecule has 2 heterocycles. The van der Waals surface area contributed by atoms with E-state index in [9.17, 15) is 4.79 Å². The molecule has 27 heavy (non-hydrogen) atoms. The van der Waals surface area contributed by atoms with Gasteiger partial charge < -0.3 is 14.4 Å². The Kier molecular flexibility index (Phi) is 5.98. The van der Waals surface area contributed by atoms with Gasteiger partial charge >= 0.3 is 0 Å². The van der Waals surface area contributed by atoms with Crippen molar-refractivity contribution in [3.05, 3.63) is 28.8 Å². The molecule has 1 amide bonds. The normalized spacial score (nSPS) is 23.3. The van der Waals surface area contributed by atoms with E-state index in [0.717, 1.165) is 64.3 Å². The van der Waals surface area contributed by atoms with Crippen LogP contribution in [0.4, 0.5) is 0 Å². The van der Waals surface area contributed by atoms with Crippen LogP contribution in [0.5, 0.6) is 5.75 Å². The zero-order valence-corrected chi connectivity index (χ0v) is 16.5. The van der Waals surface area contributed by atoms with Gasteiger partial charge in [0.05, 0.1) is 6.61 Å². The molecule has 2 aliphatic heterocycles. The molecule has 148 valence electrons. The summed E-state index contributed by atoms with van der Waals surface area (Å²) in [5.74, 6) is 1.25. The number of amides is 1. The number of hydrogen-bond donors (Lipinski definition) is 0. The molecule has 1 aliphatic carbocycles. The second kappa shape index (κ2) is 8.61. The fourth-order valence-electron chi connectivity index (χ4n) is 4.63. The van der Waals surface area contributed by atoms with Crippen molar-refractivity contribution in [3.8, 4) is 5.75 Å². The standard InChI is InChI=1S/C22H32N2O3/c1-2-26-21-15-18-7-3-6-17(18)14-19(21)16-23-9-5-10-24(12-11-23)22(25)20-8-4-13-27-20/h14-15,20H,2-13,16H2,1H3. The molecule has 0 aromatic heterocycles. The van der Waals surface area contributed by atoms with Crippen LogP contribution < -0.4 is 4.74 Å². The van der Waals surface area contributed by atoms with E-state index in [1.165, 1.54) is 36.0 Å². The first-order chi connectivity index (χ1) is 13.2. The smallest absolute Gasteiger partial charge is 0.251 e. The van der Waals surface area contributed by atoms with Crippen LogP contribution in [-0.2, 0) is 28.9 Å². The van der Waals surface area contributed by atoms with Crippen LogP contribution in [-0.4, -0.2) is 61.2 Å². The Morgan fingerprint density at radius 1 is 1.11 bits per heavy atom. The van der Waals surface area contributed by atoms with E-state index in [-0.39, 0.29) is 12.0 Å². The third kappa shape index (κ3) is 4.30. The zero-order chi connectivity index (χ0) is 18.6. The largest absolute Gasteiger partial charge is 0.494 e. The topological polar surface area (TPSA) is 42.0 Å². The first-order valence-corrected chi connectivity index (χ1v) is 10.6. The van der Waals surface area contributed by atoms with Gasteiger partial charge in [0.1, 0.15) is 11.9 Å². The number of benzene rings is 1. The highest BCUT2D eigenvalue weighted by molar-refractivity contribution is 5.81. The summed E-state index contributed by atoms with van der Waals surface area (Å²) in [5, 5.41) is 0. The summed E-state index contributed by atoms with van der Waals surface area (Å²) in [4.78, 5) is 17.1. The summed E-state index contributed by atoms with van der Waals surface area (Å²) < 4.78 is 11.5. The summed E-state index contributed by atoms with van der Waals surface area (Å²) in [5.41, 5.74) is 4.27. The second-order valence-electron chi connectivity index (χ2n) is 7.97. The average molecular weight is 373 g/mol. The minimum atomic E-state index is -0.196. The van der Waals surface area contributed by atoms with E-state index >= 15 is 0 Å². The molecule has 2 fully saturated rings. The molecule has 1 aromatic carbocycles. The molecule has 1 unspecified atom stereocenters. The first kappa shape index (κ1) is 18.8. The van der Waals surface area contributed by atoms with Crippen LogP contribution in [0.1, 0.15) is 49.3 Å². The Morgan fingerprint density at radius 2 is 1.96 bits per heavy atom. The Labute approximate surface area is 162 Å². The minimum Gasteiger partial charge on any atom is -0.494 e. The maximum absolute atomic E-state index is 12.6. The van der Waals surface area contributed by atoms with Gasteiger partial charge in [0.2, 0.25) is 0 Å². The summed E-state index contributed by atoms with van der Waals surface area (Å²) in [6.45, 7) is 7.98. The van der Waals surface area contributed by atoms with E-state index < -0.39 is 0 Å². The van der Waals surface area contributed by atoms with E-state index in [0.29, 0.717) is 6.61 Å². The van der Waals surface area contributed by atoms with Crippen LogP contribution in [0.15, 0.2) is 12.1 Å². The van der Waals surface area contributed by atoms with E-state index in [2.05, 4.69) is 24.0 Å². The van der Waals surface area contributed by atoms with Gasteiger partial charge in [0, 0.05) is 44.9 Å². The molecule has 2 saturated heterocycles. The van der Waals surface area contributed by atoms with Crippen molar-refractivity contribution in [2.75, 3.05) is 39.4 Å². The number of nitrogens with zero attached hydrogens (tertiary/aromatic N) is 2. The van der Waals surface area contributed by atoms with Gasteiger partial charge in [-0.2, -0.15) is 0 Å². The van der Waals surface area contributed by atoms with Crippen molar-refractivity contribution < 1.29 is 14.3 Å². The first-order valence-electron chi connectivity index (χ1n) is 10.6. The van der Waals surface area contributed by atoms with Crippen LogP contribution in [0.2, 0.25) is 0 Å². The quantitative estimate of drug-likeness (QED) is 0.797. The molecule has 5 heteroatoms. The number of hydrogen-bond acceptors (Lipinski definition) is 4. The Balaban J connectivity index is 1.40. The Morgan fingerprint density at radius 3 is 2.74 bits per heavy atom. The molecule has 0 spiro atoms. The predicted molar refractivity (Wildman–Crippen MR) is 105 cm³/mol. The van der Waals surface area contributed by atoms with Gasteiger partial charge in [-0.15, -0.1) is 0 Å². The molecule has 4 rings (SSSR count). The molecular weight excluding hydrogens is 340 g/mol. The maximum Gasteiger partial charge on any atom is 0.251 e. The predicted octanol–water partition coefficient (Wildman–Crippen LogP) is 2.79. The summed E-state index contributed by atoms with van der Waals surface area (Å²) >= 11 is 0. The van der Waals surface area contributed by atoms with Crippen LogP contribution in [0.3, 0.4) is 0 Å². The molecule has 5 nitrogen and oxygen atoms in total. The van der Waals surface area contributed by atoms with Crippen molar-refractivity contribution in [2.24, 2.45) is 0 Å². The fraction of sp³-hybridized carbons (Fsp3) is 0.682. The maximum atomic E-state index is 12.6. The summed E-state index contributed by atoms with van der Waals surface area (Å²) in [6, 6.07) is 4.64. The van der Waals surface area contributed by atoms with Crippen LogP contribution >= 0.6 is 0 Å². The monoisotopic (exact) mass is 372 g/mol. The summed E-state index contributed by atoms with van der Waals surface area (Å²) in [6.07, 6.45) is 6.35. The van der Waals surface area contributed by atoms with Gasteiger partial charge in [0.25, 0.3) is 5.91 Å².